The molecule has 1 aliphatic heterocycles. The summed E-state index contributed by atoms with van der Waals surface area (Å²) in [6, 6.07) is 5.51. The number of hydrogen-bond acceptors (Lipinski definition) is 5. The van der Waals surface area contributed by atoms with Gasteiger partial charge in [-0.1, -0.05) is 6.07 Å². The Labute approximate surface area is 122 Å². The molecule has 0 radical (unpaired) electrons. The Hall–Kier alpha value is -2.21. The minimum atomic E-state index is -0.848. The van der Waals surface area contributed by atoms with Crippen molar-refractivity contribution < 1.29 is 19.3 Å². The highest BCUT2D eigenvalue weighted by Crippen LogP contribution is 2.37. The second kappa shape index (κ2) is 5.29. The van der Waals surface area contributed by atoms with Gasteiger partial charge in [-0.3, -0.25) is 4.68 Å². The molecule has 2 heterocycles. The normalized spacial score (nSPS) is 14.5. The molecule has 0 aliphatic carbocycles. The molecular formula is C15H18N2O4. The number of methoxy groups -OCH3 is 1. The van der Waals surface area contributed by atoms with Gasteiger partial charge in [-0.15, -0.1) is 0 Å². The van der Waals surface area contributed by atoms with Crippen LogP contribution in [0.2, 0.25) is 0 Å². The van der Waals surface area contributed by atoms with Crippen LogP contribution in [0.5, 0.6) is 17.2 Å². The first-order valence-corrected chi connectivity index (χ1v) is 6.80. The molecule has 1 aromatic carbocycles. The van der Waals surface area contributed by atoms with Crippen LogP contribution in [0.1, 0.15) is 37.3 Å². The maximum Gasteiger partial charge on any atom is 0.231 e. The van der Waals surface area contributed by atoms with E-state index >= 15 is 0 Å². The quantitative estimate of drug-likeness (QED) is 0.935. The average Bonchev–Trinajstić information content (AvgIpc) is 3.11. The number of benzene rings is 1. The highest BCUT2D eigenvalue weighted by molar-refractivity contribution is 5.47. The molecule has 2 aromatic rings. The number of nitrogens with zero attached hydrogens (tertiary/aromatic N) is 2. The third-order valence-electron chi connectivity index (χ3n) is 3.48. The summed E-state index contributed by atoms with van der Waals surface area (Å²) < 4.78 is 17.7. The smallest absolute Gasteiger partial charge is 0.231 e. The summed E-state index contributed by atoms with van der Waals surface area (Å²) in [5.74, 6) is 1.89. The van der Waals surface area contributed by atoms with E-state index in [1.165, 1.54) is 0 Å². The highest BCUT2D eigenvalue weighted by atomic mass is 16.7. The summed E-state index contributed by atoms with van der Waals surface area (Å²) in [6.07, 6.45) is 0.769. The molecule has 6 heteroatoms. The van der Waals surface area contributed by atoms with Gasteiger partial charge in [0.15, 0.2) is 17.2 Å². The van der Waals surface area contributed by atoms with E-state index in [4.69, 9.17) is 14.2 Å². The molecule has 1 unspecified atom stereocenters. The Morgan fingerprint density at radius 2 is 2.05 bits per heavy atom. The van der Waals surface area contributed by atoms with Crippen molar-refractivity contribution in [2.75, 3.05) is 13.9 Å². The molecule has 0 amide bonds. The van der Waals surface area contributed by atoms with Crippen LogP contribution in [-0.4, -0.2) is 28.8 Å². The maximum absolute atomic E-state index is 10.7. The van der Waals surface area contributed by atoms with Gasteiger partial charge < -0.3 is 19.3 Å². The minimum absolute atomic E-state index is 0.118. The largest absolute Gasteiger partial charge is 0.493 e. The van der Waals surface area contributed by atoms with Crippen LogP contribution in [0.3, 0.4) is 0 Å². The van der Waals surface area contributed by atoms with E-state index in [2.05, 4.69) is 5.10 Å². The molecule has 1 aromatic heterocycles. The standard InChI is InChI=1S/C15H18N2O4/c1-9(2)17-14(13(19-3)7-16-17)15(18)10-4-5-11-12(6-10)21-8-20-11/h4-7,9,15,18H,8H2,1-3H3. The number of hydrogen-bond donors (Lipinski definition) is 1. The zero-order valence-corrected chi connectivity index (χ0v) is 12.2. The van der Waals surface area contributed by atoms with Crippen molar-refractivity contribution in [2.24, 2.45) is 0 Å². The summed E-state index contributed by atoms with van der Waals surface area (Å²) in [4.78, 5) is 0. The van der Waals surface area contributed by atoms with E-state index in [0.29, 0.717) is 28.5 Å². The van der Waals surface area contributed by atoms with Crippen molar-refractivity contribution >= 4 is 0 Å². The van der Waals surface area contributed by atoms with Crippen molar-refractivity contribution in [3.63, 3.8) is 0 Å². The van der Waals surface area contributed by atoms with Crippen LogP contribution in [0.25, 0.3) is 0 Å². The topological polar surface area (TPSA) is 65.7 Å². The Morgan fingerprint density at radius 3 is 2.76 bits per heavy atom. The lowest BCUT2D eigenvalue weighted by molar-refractivity contribution is 0.173. The predicted molar refractivity (Wildman–Crippen MR) is 75.8 cm³/mol. The number of ether oxygens (including phenoxy) is 3. The van der Waals surface area contributed by atoms with E-state index in [9.17, 15) is 5.11 Å². The van der Waals surface area contributed by atoms with Gasteiger partial charge in [0.25, 0.3) is 0 Å². The Kier molecular flexibility index (Phi) is 3.47. The fourth-order valence-electron chi connectivity index (χ4n) is 2.43. The van der Waals surface area contributed by atoms with E-state index in [1.54, 1.807) is 30.1 Å². The summed E-state index contributed by atoms with van der Waals surface area (Å²) in [7, 11) is 1.57. The highest BCUT2D eigenvalue weighted by Gasteiger charge is 2.25. The molecule has 0 saturated heterocycles. The molecule has 3 rings (SSSR count). The monoisotopic (exact) mass is 290 g/mol. The summed E-state index contributed by atoms with van der Waals surface area (Å²) in [5.41, 5.74) is 1.34. The second-order valence-electron chi connectivity index (χ2n) is 5.15. The molecule has 112 valence electrons. The SMILES string of the molecule is COc1cnn(C(C)C)c1C(O)c1ccc2c(c1)OCO2. The number of aliphatic hydroxyl groups excluding tert-OH is 1. The molecule has 21 heavy (non-hydrogen) atoms. The van der Waals surface area contributed by atoms with E-state index in [-0.39, 0.29) is 12.8 Å². The first-order chi connectivity index (χ1) is 10.1. The van der Waals surface area contributed by atoms with E-state index in [0.717, 1.165) is 0 Å². The number of fused-ring (bicyclic) bond motifs is 1. The van der Waals surface area contributed by atoms with Gasteiger partial charge in [-0.05, 0) is 31.5 Å². The minimum Gasteiger partial charge on any atom is -0.493 e. The van der Waals surface area contributed by atoms with Crippen molar-refractivity contribution in [1.82, 2.24) is 9.78 Å². The maximum atomic E-state index is 10.7. The Bertz CT molecular complexity index is 651. The molecule has 0 bridgehead atoms. The molecule has 6 nitrogen and oxygen atoms in total. The summed E-state index contributed by atoms with van der Waals surface area (Å²) in [5, 5.41) is 15.0. The van der Waals surface area contributed by atoms with Crippen molar-refractivity contribution in [3.05, 3.63) is 35.7 Å². The van der Waals surface area contributed by atoms with Gasteiger partial charge in [0, 0.05) is 6.04 Å². The van der Waals surface area contributed by atoms with Crippen molar-refractivity contribution in [1.29, 1.82) is 0 Å². The lowest BCUT2D eigenvalue weighted by atomic mass is 10.0. The third kappa shape index (κ3) is 2.31. The van der Waals surface area contributed by atoms with Gasteiger partial charge in [-0.25, -0.2) is 0 Å². The summed E-state index contributed by atoms with van der Waals surface area (Å²) in [6.45, 7) is 4.22. The van der Waals surface area contributed by atoms with Crippen LogP contribution in [0.15, 0.2) is 24.4 Å². The fraction of sp³-hybridized carbons (Fsp3) is 0.400. The van der Waals surface area contributed by atoms with Crippen molar-refractivity contribution in [2.45, 2.75) is 26.0 Å². The zero-order valence-electron chi connectivity index (χ0n) is 12.2. The van der Waals surface area contributed by atoms with Crippen LogP contribution in [0, 0.1) is 0 Å². The first-order valence-electron chi connectivity index (χ1n) is 6.80. The second-order valence-corrected chi connectivity index (χ2v) is 5.15. The van der Waals surface area contributed by atoms with Crippen molar-refractivity contribution in [3.8, 4) is 17.2 Å². The molecular weight excluding hydrogens is 272 g/mol. The van der Waals surface area contributed by atoms with Crippen LogP contribution < -0.4 is 14.2 Å². The van der Waals surface area contributed by atoms with Crippen LogP contribution >= 0.6 is 0 Å². The van der Waals surface area contributed by atoms with Crippen LogP contribution in [0.4, 0.5) is 0 Å². The summed E-state index contributed by atoms with van der Waals surface area (Å²) >= 11 is 0. The Morgan fingerprint density at radius 1 is 1.29 bits per heavy atom. The lowest BCUT2D eigenvalue weighted by Gasteiger charge is -2.17. The third-order valence-corrected chi connectivity index (χ3v) is 3.48. The van der Waals surface area contributed by atoms with Gasteiger partial charge in [-0.2, -0.15) is 5.10 Å². The molecule has 0 spiro atoms. The van der Waals surface area contributed by atoms with Gasteiger partial charge in [0.1, 0.15) is 11.8 Å². The molecule has 0 saturated carbocycles. The van der Waals surface area contributed by atoms with E-state index in [1.807, 2.05) is 19.9 Å². The van der Waals surface area contributed by atoms with Gasteiger partial charge in [0.05, 0.1) is 13.3 Å². The number of aromatic nitrogens is 2. The molecule has 1 atom stereocenters. The fourth-order valence-corrected chi connectivity index (χ4v) is 2.43. The first kappa shape index (κ1) is 13.8. The Balaban J connectivity index is 2.02. The molecule has 1 aliphatic rings. The lowest BCUT2D eigenvalue weighted by Crippen LogP contribution is -2.13. The zero-order chi connectivity index (χ0) is 15.0. The predicted octanol–water partition coefficient (Wildman–Crippen LogP) is 2.28. The average molecular weight is 290 g/mol. The van der Waals surface area contributed by atoms with Crippen LogP contribution in [-0.2, 0) is 0 Å². The van der Waals surface area contributed by atoms with Gasteiger partial charge in [0.2, 0.25) is 6.79 Å². The number of rotatable bonds is 4. The molecule has 0 fully saturated rings. The number of aliphatic hydroxyl groups is 1. The van der Waals surface area contributed by atoms with E-state index < -0.39 is 6.10 Å². The molecule has 1 N–H and O–H groups in total. The van der Waals surface area contributed by atoms with Gasteiger partial charge >= 0.3 is 0 Å².